The summed E-state index contributed by atoms with van der Waals surface area (Å²) < 4.78 is 11.6. The van der Waals surface area contributed by atoms with Crippen LogP contribution in [0, 0.1) is 0 Å². The maximum absolute atomic E-state index is 12.6. The lowest BCUT2D eigenvalue weighted by Gasteiger charge is -2.19. The smallest absolute Gasteiger partial charge is 0.204 e. The average molecular weight is 277 g/mol. The first kappa shape index (κ1) is 12.1. The molecule has 0 spiro atoms. The normalized spacial score (nSPS) is 14.1. The Hall–Kier alpha value is -0.0200. The van der Waals surface area contributed by atoms with Crippen molar-refractivity contribution in [2.45, 2.75) is 35.5 Å². The van der Waals surface area contributed by atoms with Gasteiger partial charge >= 0.3 is 0 Å². The van der Waals surface area contributed by atoms with Gasteiger partial charge in [-0.25, -0.2) is 4.39 Å². The van der Waals surface area contributed by atoms with Crippen molar-refractivity contribution < 1.29 is 4.39 Å². The van der Waals surface area contributed by atoms with Crippen LogP contribution in [0.5, 0.6) is 0 Å². The first-order valence-electron chi connectivity index (χ1n) is 4.45. The summed E-state index contributed by atoms with van der Waals surface area (Å²) in [7, 11) is 0. The van der Waals surface area contributed by atoms with Crippen LogP contribution in [0.3, 0.4) is 0 Å². The van der Waals surface area contributed by atoms with Gasteiger partial charge in [0.05, 0.1) is 0 Å². The van der Waals surface area contributed by atoms with Crippen LogP contribution in [0.1, 0.15) is 26.3 Å². The third kappa shape index (κ3) is 3.62. The molecule has 1 aromatic rings. The van der Waals surface area contributed by atoms with Crippen LogP contribution < -0.4 is 0 Å². The Morgan fingerprint density at radius 1 is 1.21 bits per heavy atom. The third-order valence-electron chi connectivity index (χ3n) is 1.95. The van der Waals surface area contributed by atoms with E-state index in [1.165, 1.54) is 17.3 Å². The number of halogens is 2. The quantitative estimate of drug-likeness (QED) is 0.556. The minimum absolute atomic E-state index is 0.159. The maximum Gasteiger partial charge on any atom is 0.204 e. The number of thioether (sulfide) groups is 1. The van der Waals surface area contributed by atoms with Crippen molar-refractivity contribution >= 4 is 27.7 Å². The first-order valence-corrected chi connectivity index (χ1v) is 6.24. The van der Waals surface area contributed by atoms with Gasteiger partial charge in [-0.2, -0.15) is 0 Å². The molecule has 0 amide bonds. The number of hydrogen-bond donors (Lipinski definition) is 0. The molecule has 0 nitrogen and oxygen atoms in total. The van der Waals surface area contributed by atoms with Gasteiger partial charge in [0.2, 0.25) is 4.41 Å². The van der Waals surface area contributed by atoms with Gasteiger partial charge in [-0.1, -0.05) is 44.7 Å². The van der Waals surface area contributed by atoms with Gasteiger partial charge in [-0.05, 0) is 39.0 Å². The van der Waals surface area contributed by atoms with Gasteiger partial charge in [0.1, 0.15) is 0 Å². The number of alkyl halides is 2. The monoisotopic (exact) mass is 276 g/mol. The predicted octanol–water partition coefficient (Wildman–Crippen LogP) is 4.72. The molecule has 0 saturated carbocycles. The van der Waals surface area contributed by atoms with Crippen molar-refractivity contribution in [2.75, 3.05) is 0 Å². The lowest BCUT2D eigenvalue weighted by Crippen LogP contribution is -2.10. The molecule has 0 aromatic heterocycles. The molecule has 0 bridgehead atoms. The molecular weight excluding hydrogens is 263 g/mol. The molecule has 0 radical (unpaired) electrons. The summed E-state index contributed by atoms with van der Waals surface area (Å²) in [4.78, 5) is 0.947. The van der Waals surface area contributed by atoms with Crippen molar-refractivity contribution in [3.63, 3.8) is 0 Å². The second-order valence-corrected chi connectivity index (χ2v) is 6.68. The molecule has 1 atom stereocenters. The highest BCUT2D eigenvalue weighted by Gasteiger charge is 2.13. The summed E-state index contributed by atoms with van der Waals surface area (Å²) in [5.74, 6) is 0. The molecule has 0 fully saturated rings. The number of rotatable bonds is 2. The predicted molar refractivity (Wildman–Crippen MR) is 64.8 cm³/mol. The fourth-order valence-electron chi connectivity index (χ4n) is 1.14. The molecule has 14 heavy (non-hydrogen) atoms. The van der Waals surface area contributed by atoms with Gasteiger partial charge in [0, 0.05) is 4.90 Å². The zero-order chi connectivity index (χ0) is 10.8. The molecule has 0 heterocycles. The van der Waals surface area contributed by atoms with E-state index in [4.69, 9.17) is 0 Å². The summed E-state index contributed by atoms with van der Waals surface area (Å²) in [6.45, 7) is 6.49. The lowest BCUT2D eigenvalue weighted by atomic mass is 9.87. The van der Waals surface area contributed by atoms with Gasteiger partial charge in [-0.3, -0.25) is 0 Å². The Labute approximate surface area is 97.4 Å². The highest BCUT2D eigenvalue weighted by Crippen LogP contribution is 2.30. The summed E-state index contributed by atoms with van der Waals surface area (Å²) >= 11 is 4.03. The molecule has 1 unspecified atom stereocenters. The summed E-state index contributed by atoms with van der Waals surface area (Å²) in [6, 6.07) is 8.02. The van der Waals surface area contributed by atoms with Crippen molar-refractivity contribution in [3.05, 3.63) is 29.8 Å². The van der Waals surface area contributed by atoms with Crippen LogP contribution in [0.2, 0.25) is 0 Å². The van der Waals surface area contributed by atoms with E-state index in [9.17, 15) is 4.39 Å². The minimum Gasteiger partial charge on any atom is -0.223 e. The number of benzene rings is 1. The van der Waals surface area contributed by atoms with Crippen molar-refractivity contribution in [1.82, 2.24) is 0 Å². The summed E-state index contributed by atoms with van der Waals surface area (Å²) in [5, 5.41) is 0. The van der Waals surface area contributed by atoms with E-state index < -0.39 is 4.41 Å². The fraction of sp³-hybridized carbons (Fsp3) is 0.455. The molecule has 0 aliphatic rings. The molecule has 0 N–H and O–H groups in total. The topological polar surface area (TPSA) is 0 Å². The van der Waals surface area contributed by atoms with E-state index in [1.807, 2.05) is 12.1 Å². The molecular formula is C11H14BrFS. The highest BCUT2D eigenvalue weighted by atomic mass is 79.9. The van der Waals surface area contributed by atoms with E-state index in [-0.39, 0.29) is 5.41 Å². The molecule has 0 aliphatic heterocycles. The van der Waals surface area contributed by atoms with Crippen LogP contribution in [-0.2, 0) is 5.41 Å². The first-order chi connectivity index (χ1) is 6.39. The summed E-state index contributed by atoms with van der Waals surface area (Å²) in [6.07, 6.45) is 0. The van der Waals surface area contributed by atoms with E-state index in [1.54, 1.807) is 0 Å². The Balaban J connectivity index is 2.79. The van der Waals surface area contributed by atoms with E-state index in [2.05, 4.69) is 48.8 Å². The Kier molecular flexibility index (Phi) is 4.02. The van der Waals surface area contributed by atoms with Gasteiger partial charge in [0.25, 0.3) is 0 Å². The molecule has 1 aromatic carbocycles. The standard InChI is InChI=1S/C11H14BrFS/c1-11(2,3)8-4-6-9(7-5-8)14-10(12)13/h4-7,10H,1-3H3. The van der Waals surface area contributed by atoms with Gasteiger partial charge < -0.3 is 0 Å². The second kappa shape index (κ2) is 4.67. The molecule has 0 saturated heterocycles. The zero-order valence-electron chi connectivity index (χ0n) is 8.55. The average Bonchev–Trinajstić information content (AvgIpc) is 2.02. The van der Waals surface area contributed by atoms with E-state index >= 15 is 0 Å². The van der Waals surface area contributed by atoms with Crippen molar-refractivity contribution in [3.8, 4) is 0 Å². The largest absolute Gasteiger partial charge is 0.223 e. The van der Waals surface area contributed by atoms with E-state index in [0.29, 0.717) is 0 Å². The lowest BCUT2D eigenvalue weighted by molar-refractivity contribution is 0.576. The zero-order valence-corrected chi connectivity index (χ0v) is 11.0. The Bertz CT molecular complexity index is 287. The molecule has 78 valence electrons. The minimum atomic E-state index is -1.03. The Morgan fingerprint density at radius 2 is 1.71 bits per heavy atom. The van der Waals surface area contributed by atoms with Crippen LogP contribution in [0.4, 0.5) is 4.39 Å². The molecule has 0 aliphatic carbocycles. The van der Waals surface area contributed by atoms with Crippen LogP contribution >= 0.6 is 27.7 Å². The fourth-order valence-corrected chi connectivity index (χ4v) is 2.28. The number of hydrogen-bond acceptors (Lipinski definition) is 1. The van der Waals surface area contributed by atoms with Crippen molar-refractivity contribution in [1.29, 1.82) is 0 Å². The second-order valence-electron chi connectivity index (χ2n) is 4.15. The van der Waals surface area contributed by atoms with Crippen LogP contribution in [-0.4, -0.2) is 4.41 Å². The van der Waals surface area contributed by atoms with Gasteiger partial charge in [0.15, 0.2) is 0 Å². The van der Waals surface area contributed by atoms with Crippen molar-refractivity contribution in [2.24, 2.45) is 0 Å². The van der Waals surface area contributed by atoms with Gasteiger partial charge in [-0.15, -0.1) is 0 Å². The highest BCUT2D eigenvalue weighted by molar-refractivity contribution is 9.11. The summed E-state index contributed by atoms with van der Waals surface area (Å²) in [5.41, 5.74) is 1.43. The van der Waals surface area contributed by atoms with Crippen LogP contribution in [0.25, 0.3) is 0 Å². The maximum atomic E-state index is 12.6. The third-order valence-corrected chi connectivity index (χ3v) is 3.23. The van der Waals surface area contributed by atoms with Crippen LogP contribution in [0.15, 0.2) is 29.2 Å². The Morgan fingerprint density at radius 3 is 2.07 bits per heavy atom. The molecule has 3 heteroatoms. The SMILES string of the molecule is CC(C)(C)c1ccc(SC(F)Br)cc1. The van der Waals surface area contributed by atoms with E-state index in [0.717, 1.165) is 4.90 Å². The molecule has 1 rings (SSSR count).